The molecule has 0 aliphatic heterocycles. The van der Waals surface area contributed by atoms with Gasteiger partial charge in [0.25, 0.3) is 0 Å². The third-order valence-corrected chi connectivity index (χ3v) is 3.03. The number of hydrogen-bond donors (Lipinski definition) is 3. The molecule has 1 heterocycles. The minimum Gasteiger partial charge on any atom is -0.448 e. The number of nitrogen functional groups attached to an aromatic ring is 1. The summed E-state index contributed by atoms with van der Waals surface area (Å²) in [5.41, 5.74) is 5.27. The Labute approximate surface area is 118 Å². The summed E-state index contributed by atoms with van der Waals surface area (Å²) in [6.07, 6.45) is -0.463. The Morgan fingerprint density at radius 3 is 2.80 bits per heavy atom. The number of carbonyl (C=O) groups excluding carboxylic acids is 1. The largest absolute Gasteiger partial charge is 0.448 e. The van der Waals surface area contributed by atoms with Gasteiger partial charge in [-0.15, -0.1) is 0 Å². The predicted octanol–water partition coefficient (Wildman–Crippen LogP) is 0.673. The maximum atomic E-state index is 11.6. The third-order valence-electron chi connectivity index (χ3n) is 1.76. The van der Waals surface area contributed by atoms with Crippen LogP contribution in [0.4, 0.5) is 5.13 Å². The number of thiazole rings is 1. The monoisotopic (exact) mass is 315 g/mol. The SMILES string of the molecule is N#CCCC#Cc1sc(N)nc1C(=O)OCP(=O)(O)O. The summed E-state index contributed by atoms with van der Waals surface area (Å²) in [7, 11) is -4.45. The van der Waals surface area contributed by atoms with Crippen LogP contribution in [0.3, 0.4) is 0 Å². The number of aromatic nitrogens is 1. The van der Waals surface area contributed by atoms with Crippen LogP contribution in [-0.2, 0) is 9.30 Å². The van der Waals surface area contributed by atoms with Crippen LogP contribution in [0.25, 0.3) is 0 Å². The van der Waals surface area contributed by atoms with Gasteiger partial charge in [-0.05, 0) is 0 Å². The van der Waals surface area contributed by atoms with Gasteiger partial charge in [-0.25, -0.2) is 9.78 Å². The Morgan fingerprint density at radius 1 is 1.50 bits per heavy atom. The van der Waals surface area contributed by atoms with Crippen molar-refractivity contribution in [2.45, 2.75) is 12.8 Å². The van der Waals surface area contributed by atoms with E-state index in [-0.39, 0.29) is 22.1 Å². The van der Waals surface area contributed by atoms with Gasteiger partial charge in [-0.3, -0.25) is 4.57 Å². The van der Waals surface area contributed by atoms with Crippen LogP contribution in [-0.4, -0.2) is 27.1 Å². The fraction of sp³-hybridized carbons (Fsp3) is 0.300. The third kappa shape index (κ3) is 5.39. The van der Waals surface area contributed by atoms with Crippen LogP contribution >= 0.6 is 18.9 Å². The van der Waals surface area contributed by atoms with Crippen molar-refractivity contribution in [2.75, 3.05) is 12.1 Å². The van der Waals surface area contributed by atoms with Crippen LogP contribution in [0.15, 0.2) is 0 Å². The summed E-state index contributed by atoms with van der Waals surface area (Å²) in [4.78, 5) is 32.8. The highest BCUT2D eigenvalue weighted by Gasteiger charge is 2.22. The zero-order valence-corrected chi connectivity index (χ0v) is 11.8. The molecule has 0 aromatic carbocycles. The molecule has 0 atom stereocenters. The number of hydrogen-bond acceptors (Lipinski definition) is 7. The Balaban J connectivity index is 2.84. The summed E-state index contributed by atoms with van der Waals surface area (Å²) >= 11 is 0.949. The number of esters is 1. The van der Waals surface area contributed by atoms with Gasteiger partial charge < -0.3 is 20.3 Å². The van der Waals surface area contributed by atoms with Crippen molar-refractivity contribution in [3.05, 3.63) is 10.6 Å². The van der Waals surface area contributed by atoms with E-state index in [9.17, 15) is 9.36 Å². The van der Waals surface area contributed by atoms with E-state index in [0.29, 0.717) is 6.42 Å². The molecule has 1 aromatic heterocycles. The van der Waals surface area contributed by atoms with Gasteiger partial charge in [0.15, 0.2) is 17.2 Å². The van der Waals surface area contributed by atoms with Crippen molar-refractivity contribution < 1.29 is 23.9 Å². The average molecular weight is 315 g/mol. The second-order valence-electron chi connectivity index (χ2n) is 3.42. The molecule has 1 aromatic rings. The van der Waals surface area contributed by atoms with Gasteiger partial charge in [0.1, 0.15) is 4.88 Å². The minimum absolute atomic E-state index is 0.0812. The number of nitriles is 1. The zero-order valence-electron chi connectivity index (χ0n) is 10.1. The molecule has 1 rings (SSSR count). The fourth-order valence-electron chi connectivity index (χ4n) is 1.03. The maximum Gasteiger partial charge on any atom is 0.362 e. The quantitative estimate of drug-likeness (QED) is 0.318. The van der Waals surface area contributed by atoms with Gasteiger partial charge in [0.05, 0.1) is 6.07 Å². The Bertz CT molecular complexity index is 648. The molecule has 0 aliphatic rings. The molecule has 106 valence electrons. The second kappa shape index (κ2) is 7.04. The van der Waals surface area contributed by atoms with E-state index in [0.717, 1.165) is 11.3 Å². The Morgan fingerprint density at radius 2 is 2.20 bits per heavy atom. The molecule has 20 heavy (non-hydrogen) atoms. The molecule has 0 spiro atoms. The summed E-state index contributed by atoms with van der Waals surface area (Å²) in [6, 6.07) is 1.92. The number of ether oxygens (including phenoxy) is 1. The lowest BCUT2D eigenvalue weighted by Crippen LogP contribution is -2.08. The van der Waals surface area contributed by atoms with Crippen LogP contribution < -0.4 is 5.73 Å². The first kappa shape index (κ1) is 16.2. The molecule has 8 nitrogen and oxygen atoms in total. The van der Waals surface area contributed by atoms with Crippen molar-refractivity contribution in [3.63, 3.8) is 0 Å². The highest BCUT2D eigenvalue weighted by atomic mass is 32.1. The lowest BCUT2D eigenvalue weighted by Gasteiger charge is -2.04. The van der Waals surface area contributed by atoms with E-state index < -0.39 is 19.9 Å². The first-order valence-corrected chi connectivity index (χ1v) is 7.78. The first-order valence-electron chi connectivity index (χ1n) is 5.17. The normalized spacial score (nSPS) is 10.2. The molecule has 0 bridgehead atoms. The van der Waals surface area contributed by atoms with Crippen molar-refractivity contribution in [1.29, 1.82) is 5.26 Å². The number of nitrogens with zero attached hydrogens (tertiary/aromatic N) is 2. The average Bonchev–Trinajstić information content (AvgIpc) is 2.72. The van der Waals surface area contributed by atoms with E-state index in [4.69, 9.17) is 20.8 Å². The summed E-state index contributed by atoms with van der Waals surface area (Å²) in [6.45, 7) is 0. The molecule has 0 saturated carbocycles. The van der Waals surface area contributed by atoms with Crippen molar-refractivity contribution in [2.24, 2.45) is 0 Å². The van der Waals surface area contributed by atoms with Crippen LogP contribution in [0.2, 0.25) is 0 Å². The van der Waals surface area contributed by atoms with Gasteiger partial charge in [-0.1, -0.05) is 23.2 Å². The van der Waals surface area contributed by atoms with Crippen molar-refractivity contribution in [1.82, 2.24) is 4.98 Å². The highest BCUT2D eigenvalue weighted by Crippen LogP contribution is 2.34. The molecule has 0 fully saturated rings. The molecular weight excluding hydrogens is 305 g/mol. The molecule has 4 N–H and O–H groups in total. The van der Waals surface area contributed by atoms with E-state index in [2.05, 4.69) is 21.6 Å². The van der Waals surface area contributed by atoms with Gasteiger partial charge in [0.2, 0.25) is 0 Å². The maximum absolute atomic E-state index is 11.6. The van der Waals surface area contributed by atoms with Crippen LogP contribution in [0, 0.1) is 23.2 Å². The van der Waals surface area contributed by atoms with E-state index in [1.807, 2.05) is 6.07 Å². The molecule has 0 amide bonds. The highest BCUT2D eigenvalue weighted by molar-refractivity contribution is 7.51. The zero-order chi connectivity index (χ0) is 15.2. The molecule has 0 saturated heterocycles. The lowest BCUT2D eigenvalue weighted by atomic mass is 10.3. The van der Waals surface area contributed by atoms with Gasteiger partial charge >= 0.3 is 13.6 Å². The topological polar surface area (TPSA) is 147 Å². The van der Waals surface area contributed by atoms with Crippen LogP contribution in [0.5, 0.6) is 0 Å². The second-order valence-corrected chi connectivity index (χ2v) is 6.03. The standard InChI is InChI=1S/C10H10N3O5PS/c11-5-3-1-2-4-7-8(13-10(12)20-7)9(14)18-6-19(15,16)17/h1,3,6H2,(H2,12,13)(H2,15,16,17). The number of anilines is 1. The molecule has 0 aliphatic carbocycles. The summed E-state index contributed by atoms with van der Waals surface area (Å²) < 4.78 is 15.1. The number of rotatable bonds is 4. The summed E-state index contributed by atoms with van der Waals surface area (Å²) in [5.74, 6) is 4.28. The molecule has 10 heteroatoms. The molecular formula is C10H10N3O5PS. The number of nitrogens with two attached hydrogens (primary N) is 1. The van der Waals surface area contributed by atoms with Crippen LogP contribution in [0.1, 0.15) is 28.2 Å². The van der Waals surface area contributed by atoms with Crippen molar-refractivity contribution in [3.8, 4) is 17.9 Å². The molecule has 0 unspecified atom stereocenters. The first-order chi connectivity index (χ1) is 9.33. The number of carbonyl (C=O) groups is 1. The van der Waals surface area contributed by atoms with E-state index in [1.54, 1.807) is 0 Å². The van der Waals surface area contributed by atoms with Gasteiger partial charge in [-0.2, -0.15) is 5.26 Å². The van der Waals surface area contributed by atoms with E-state index >= 15 is 0 Å². The smallest absolute Gasteiger partial charge is 0.362 e. The van der Waals surface area contributed by atoms with Crippen molar-refractivity contribution >= 4 is 30.0 Å². The Kier molecular flexibility index (Phi) is 5.68. The van der Waals surface area contributed by atoms with Gasteiger partial charge in [0, 0.05) is 12.8 Å². The van der Waals surface area contributed by atoms with E-state index in [1.165, 1.54) is 0 Å². The summed E-state index contributed by atoms with van der Waals surface area (Å²) in [5, 5.41) is 8.44. The molecule has 0 radical (unpaired) electrons. The lowest BCUT2D eigenvalue weighted by molar-refractivity contribution is 0.0544. The number of unbranched alkanes of at least 4 members (excludes halogenated alkanes) is 1. The Hall–Kier alpha value is -1.90. The minimum atomic E-state index is -4.45. The predicted molar refractivity (Wildman–Crippen MR) is 70.6 cm³/mol. The fourth-order valence-corrected chi connectivity index (χ4v) is 2.01.